The predicted molar refractivity (Wildman–Crippen MR) is 69.9 cm³/mol. The van der Waals surface area contributed by atoms with Crippen LogP contribution in [-0.2, 0) is 4.74 Å². The standard InChI is InChI=1S/C6H13NO5.3CH2O3/c7-3-5(10)4(9)2(1-8)12-6(3)11;3*2-1(3)4/h2-6,8-11H,1,7H2;3*(H2,2,3,4)/t2-,3-,4-,5-,6?;;;/m1.../s1. The van der Waals surface area contributed by atoms with Gasteiger partial charge in [-0.1, -0.05) is 0 Å². The zero-order valence-corrected chi connectivity index (χ0v) is 11.8. The quantitative estimate of drug-likeness (QED) is 0.227. The lowest BCUT2D eigenvalue weighted by Crippen LogP contribution is -2.61. The molecule has 1 aliphatic heterocycles. The van der Waals surface area contributed by atoms with Crippen LogP contribution in [0.4, 0.5) is 14.4 Å². The van der Waals surface area contributed by atoms with Crippen molar-refractivity contribution in [2.24, 2.45) is 5.73 Å². The molecule has 0 spiro atoms. The minimum absolute atomic E-state index is 0.470. The van der Waals surface area contributed by atoms with Crippen molar-refractivity contribution in [3.8, 4) is 0 Å². The molecule has 0 bridgehead atoms. The number of carboxylic acid groups (broad SMARTS) is 6. The van der Waals surface area contributed by atoms with Crippen LogP contribution in [0.25, 0.3) is 0 Å². The van der Waals surface area contributed by atoms with E-state index in [1.165, 1.54) is 0 Å². The first-order valence-corrected chi connectivity index (χ1v) is 5.59. The van der Waals surface area contributed by atoms with Gasteiger partial charge in [0.2, 0.25) is 0 Å². The van der Waals surface area contributed by atoms with Crippen molar-refractivity contribution in [1.29, 1.82) is 0 Å². The van der Waals surface area contributed by atoms with E-state index in [-0.39, 0.29) is 0 Å². The molecule has 15 heteroatoms. The van der Waals surface area contributed by atoms with Gasteiger partial charge in [-0.25, -0.2) is 14.4 Å². The summed E-state index contributed by atoms with van der Waals surface area (Å²) >= 11 is 0. The lowest BCUT2D eigenvalue weighted by atomic mass is 9.98. The highest BCUT2D eigenvalue weighted by molar-refractivity contribution is 5.53. The molecule has 0 amide bonds. The zero-order chi connectivity index (χ0) is 20.0. The van der Waals surface area contributed by atoms with E-state index in [4.69, 9.17) is 65.7 Å². The molecule has 24 heavy (non-hydrogen) atoms. The summed E-state index contributed by atoms with van der Waals surface area (Å²) in [6, 6.07) is -1.04. The Balaban J connectivity index is -0.000000304. The first-order valence-electron chi connectivity index (χ1n) is 5.59. The number of hydrogen-bond donors (Lipinski definition) is 11. The summed E-state index contributed by atoms with van der Waals surface area (Å²) in [6.07, 6.45) is -10.4. The van der Waals surface area contributed by atoms with E-state index in [1.54, 1.807) is 0 Å². The van der Waals surface area contributed by atoms with Crippen molar-refractivity contribution in [3.05, 3.63) is 0 Å². The maximum absolute atomic E-state index is 9.20. The Morgan fingerprint density at radius 3 is 1.33 bits per heavy atom. The van der Waals surface area contributed by atoms with Crippen molar-refractivity contribution in [1.82, 2.24) is 0 Å². The van der Waals surface area contributed by atoms with Crippen LogP contribution in [0.1, 0.15) is 0 Å². The van der Waals surface area contributed by atoms with E-state index in [9.17, 15) is 10.2 Å². The maximum atomic E-state index is 9.20. The molecule has 1 saturated heterocycles. The number of carbonyl (C=O) groups is 3. The average molecular weight is 365 g/mol. The third-order valence-corrected chi connectivity index (χ3v) is 1.95. The van der Waals surface area contributed by atoms with Crippen LogP contribution < -0.4 is 5.73 Å². The van der Waals surface area contributed by atoms with Gasteiger partial charge >= 0.3 is 18.5 Å². The summed E-state index contributed by atoms with van der Waals surface area (Å²) in [5, 5.41) is 77.9. The number of rotatable bonds is 1. The van der Waals surface area contributed by atoms with Gasteiger partial charge in [-0.15, -0.1) is 0 Å². The molecule has 15 nitrogen and oxygen atoms in total. The molecule has 12 N–H and O–H groups in total. The Labute approximate surface area is 133 Å². The van der Waals surface area contributed by atoms with E-state index in [1.807, 2.05) is 0 Å². The topological polar surface area (TPSA) is 289 Å². The largest absolute Gasteiger partial charge is 0.503 e. The van der Waals surface area contributed by atoms with Gasteiger partial charge in [-0.2, -0.15) is 0 Å². The highest BCUT2D eigenvalue weighted by atomic mass is 16.6. The second-order valence-corrected chi connectivity index (χ2v) is 3.65. The van der Waals surface area contributed by atoms with Crippen LogP contribution in [0.2, 0.25) is 0 Å². The molecular formula is C9H19NO14. The zero-order valence-electron chi connectivity index (χ0n) is 11.8. The van der Waals surface area contributed by atoms with E-state index < -0.39 is 55.7 Å². The molecule has 0 aliphatic carbocycles. The number of hydrogen-bond acceptors (Lipinski definition) is 9. The third kappa shape index (κ3) is 17.6. The van der Waals surface area contributed by atoms with Gasteiger partial charge in [0.1, 0.15) is 18.3 Å². The number of aliphatic hydroxyl groups is 4. The van der Waals surface area contributed by atoms with Crippen molar-refractivity contribution in [3.63, 3.8) is 0 Å². The van der Waals surface area contributed by atoms with Gasteiger partial charge in [0, 0.05) is 0 Å². The molecule has 0 saturated carbocycles. The molecule has 5 atom stereocenters. The number of aliphatic hydroxyl groups excluding tert-OH is 4. The maximum Gasteiger partial charge on any atom is 0.503 e. The van der Waals surface area contributed by atoms with Gasteiger partial charge in [0.25, 0.3) is 0 Å². The normalized spacial score (nSPS) is 27.6. The smallest absolute Gasteiger partial charge is 0.450 e. The van der Waals surface area contributed by atoms with Crippen LogP contribution in [0.15, 0.2) is 0 Å². The van der Waals surface area contributed by atoms with Gasteiger partial charge in [0.15, 0.2) is 6.29 Å². The van der Waals surface area contributed by atoms with Crippen LogP contribution in [0, 0.1) is 0 Å². The molecule has 144 valence electrons. The van der Waals surface area contributed by atoms with E-state index >= 15 is 0 Å². The molecule has 0 aromatic rings. The van der Waals surface area contributed by atoms with E-state index in [2.05, 4.69) is 0 Å². The Morgan fingerprint density at radius 1 is 0.792 bits per heavy atom. The summed E-state index contributed by atoms with van der Waals surface area (Å²) < 4.78 is 4.70. The van der Waals surface area contributed by atoms with Crippen LogP contribution >= 0.6 is 0 Å². The molecular weight excluding hydrogens is 346 g/mol. The molecule has 1 fully saturated rings. The molecule has 0 aromatic carbocycles. The molecule has 1 aliphatic rings. The first kappa shape index (κ1) is 26.5. The highest BCUT2D eigenvalue weighted by Gasteiger charge is 2.41. The Kier molecular flexibility index (Phi) is 15.6. The van der Waals surface area contributed by atoms with Gasteiger partial charge in [-0.05, 0) is 0 Å². The van der Waals surface area contributed by atoms with Crippen LogP contribution in [-0.4, -0.2) is 107 Å². The first-order chi connectivity index (χ1) is 10.8. The number of ether oxygens (including phenoxy) is 1. The molecule has 0 aromatic heterocycles. The fraction of sp³-hybridized carbons (Fsp3) is 0.667. The van der Waals surface area contributed by atoms with E-state index in [0.29, 0.717) is 0 Å². The summed E-state index contributed by atoms with van der Waals surface area (Å²) in [5.74, 6) is 0. The summed E-state index contributed by atoms with van der Waals surface area (Å²) in [6.45, 7) is -0.470. The summed E-state index contributed by atoms with van der Waals surface area (Å²) in [4.78, 5) is 25.7. The van der Waals surface area contributed by atoms with E-state index in [0.717, 1.165) is 0 Å². The average Bonchev–Trinajstić information content (AvgIpc) is 2.38. The Bertz CT molecular complexity index is 330. The van der Waals surface area contributed by atoms with Gasteiger partial charge in [0.05, 0.1) is 12.6 Å². The Hall–Kier alpha value is -2.43. The monoisotopic (exact) mass is 365 g/mol. The van der Waals surface area contributed by atoms with Crippen molar-refractivity contribution >= 4 is 18.5 Å². The SMILES string of the molecule is N[C@H]1C(O)O[C@H](CO)[C@@H](O)[C@@H]1O.O=C(O)O.O=C(O)O.O=C(O)O. The van der Waals surface area contributed by atoms with Crippen molar-refractivity contribution in [2.45, 2.75) is 30.6 Å². The fourth-order valence-corrected chi connectivity index (χ4v) is 1.12. The minimum atomic E-state index is -1.83. The van der Waals surface area contributed by atoms with Crippen LogP contribution in [0.3, 0.4) is 0 Å². The van der Waals surface area contributed by atoms with Gasteiger partial charge in [-0.3, -0.25) is 0 Å². The second kappa shape index (κ2) is 14.2. The summed E-state index contributed by atoms with van der Waals surface area (Å²) in [7, 11) is 0. The molecule has 0 radical (unpaired) electrons. The minimum Gasteiger partial charge on any atom is -0.450 e. The Morgan fingerprint density at radius 2 is 1.08 bits per heavy atom. The van der Waals surface area contributed by atoms with Crippen molar-refractivity contribution < 1.29 is 70.2 Å². The van der Waals surface area contributed by atoms with Crippen molar-refractivity contribution in [2.75, 3.05) is 6.61 Å². The lowest BCUT2D eigenvalue weighted by Gasteiger charge is -2.38. The summed E-state index contributed by atoms with van der Waals surface area (Å²) in [5.41, 5.74) is 5.26. The molecule has 1 rings (SSSR count). The van der Waals surface area contributed by atoms with Crippen LogP contribution in [0.5, 0.6) is 0 Å². The predicted octanol–water partition coefficient (Wildman–Crippen LogP) is -2.59. The number of nitrogens with two attached hydrogens (primary N) is 1. The molecule has 1 unspecified atom stereocenters. The molecule has 1 heterocycles. The second-order valence-electron chi connectivity index (χ2n) is 3.65. The third-order valence-electron chi connectivity index (χ3n) is 1.95. The fourth-order valence-electron chi connectivity index (χ4n) is 1.12. The highest BCUT2D eigenvalue weighted by Crippen LogP contribution is 2.17. The van der Waals surface area contributed by atoms with Gasteiger partial charge < -0.3 is 61.5 Å². The lowest BCUT2D eigenvalue weighted by molar-refractivity contribution is -0.248.